The number of hydrogen-bond acceptors (Lipinski definition) is 3. The smallest absolute Gasteiger partial charge is 0.121 e. The molecule has 3 heterocycles. The fourth-order valence-corrected chi connectivity index (χ4v) is 6.57. The van der Waals surface area contributed by atoms with Gasteiger partial charge in [0.1, 0.15) is 12.4 Å². The molecule has 0 unspecified atom stereocenters. The van der Waals surface area contributed by atoms with Gasteiger partial charge < -0.3 is 19.0 Å². The number of aliphatic hydroxyl groups excluding tert-OH is 1. The predicted molar refractivity (Wildman–Crippen MR) is 177 cm³/mol. The molecule has 0 saturated heterocycles. The number of rotatable bonds is 8. The van der Waals surface area contributed by atoms with E-state index in [9.17, 15) is 5.11 Å². The first-order valence-electron chi connectivity index (χ1n) is 15.1. The highest BCUT2D eigenvalue weighted by Gasteiger charge is 2.17. The molecule has 5 heteroatoms. The largest absolute Gasteiger partial charge is 0.489 e. The molecular formula is C38H37N3O2. The van der Waals surface area contributed by atoms with Crippen molar-refractivity contribution < 1.29 is 9.84 Å². The van der Waals surface area contributed by atoms with E-state index in [1.807, 2.05) is 24.4 Å². The minimum Gasteiger partial charge on any atom is -0.489 e. The lowest BCUT2D eigenvalue weighted by molar-refractivity contribution is 0.282. The number of hydrogen-bond donors (Lipinski definition) is 1. The van der Waals surface area contributed by atoms with Crippen molar-refractivity contribution in [3.63, 3.8) is 0 Å². The molecule has 4 aromatic carbocycles. The van der Waals surface area contributed by atoms with Crippen molar-refractivity contribution in [1.82, 2.24) is 14.1 Å². The highest BCUT2D eigenvalue weighted by atomic mass is 16.5. The maximum atomic E-state index is 9.79. The zero-order valence-electron chi connectivity index (χ0n) is 25.3. The van der Waals surface area contributed by atoms with Gasteiger partial charge in [0.25, 0.3) is 0 Å². The predicted octanol–water partition coefficient (Wildman–Crippen LogP) is 8.69. The third-order valence-electron chi connectivity index (χ3n) is 8.56. The Labute approximate surface area is 252 Å². The van der Waals surface area contributed by atoms with Gasteiger partial charge in [0.05, 0.1) is 29.9 Å². The second kappa shape index (κ2) is 10.9. The number of nitrogens with zero attached hydrogens (tertiary/aromatic N) is 3. The number of fused-ring (bicyclic) bond motifs is 6. The minimum atomic E-state index is 0.0175. The van der Waals surface area contributed by atoms with E-state index in [0.717, 1.165) is 50.9 Å². The summed E-state index contributed by atoms with van der Waals surface area (Å²) in [4.78, 5) is 4.58. The van der Waals surface area contributed by atoms with E-state index >= 15 is 0 Å². The molecule has 216 valence electrons. The first kappa shape index (κ1) is 27.2. The Balaban J connectivity index is 1.27. The van der Waals surface area contributed by atoms with E-state index in [1.54, 1.807) is 0 Å². The Morgan fingerprint density at radius 1 is 0.744 bits per heavy atom. The Bertz CT molecular complexity index is 2120. The quantitative estimate of drug-likeness (QED) is 0.200. The first-order chi connectivity index (χ1) is 20.9. The van der Waals surface area contributed by atoms with Crippen LogP contribution < -0.4 is 4.74 Å². The Hall–Kier alpha value is -4.61. The molecule has 3 aromatic heterocycles. The SMILES string of the molecule is Cc1ccc(C)c2c1c1cc(COc3ccc4c5cc(CO)ccc5n(Cc5ccccn5)c4c3)ccc1n2CC(C)C. The fraction of sp³-hybridized carbons (Fsp3) is 0.237. The molecule has 0 aliphatic rings. The normalized spacial score (nSPS) is 12.0. The van der Waals surface area contributed by atoms with Crippen LogP contribution in [0.3, 0.4) is 0 Å². The van der Waals surface area contributed by atoms with Crippen LogP contribution in [0, 0.1) is 19.8 Å². The van der Waals surface area contributed by atoms with Gasteiger partial charge in [-0.25, -0.2) is 0 Å². The average molecular weight is 568 g/mol. The second-order valence-electron chi connectivity index (χ2n) is 12.2. The molecule has 7 aromatic rings. The highest BCUT2D eigenvalue weighted by molar-refractivity contribution is 6.11. The lowest BCUT2D eigenvalue weighted by Gasteiger charge is -2.12. The first-order valence-corrected chi connectivity index (χ1v) is 15.1. The number of aromatic nitrogens is 3. The zero-order valence-corrected chi connectivity index (χ0v) is 25.3. The van der Waals surface area contributed by atoms with E-state index in [2.05, 4.69) is 109 Å². The summed E-state index contributed by atoms with van der Waals surface area (Å²) in [5, 5.41) is 14.7. The van der Waals surface area contributed by atoms with Crippen molar-refractivity contribution in [2.75, 3.05) is 0 Å². The Kier molecular flexibility index (Phi) is 6.91. The van der Waals surface area contributed by atoms with E-state index in [0.29, 0.717) is 19.1 Å². The van der Waals surface area contributed by atoms with Gasteiger partial charge in [0.2, 0.25) is 0 Å². The van der Waals surface area contributed by atoms with Gasteiger partial charge in [-0.2, -0.15) is 0 Å². The summed E-state index contributed by atoms with van der Waals surface area (Å²) in [6.45, 7) is 11.1. The molecule has 0 fully saturated rings. The van der Waals surface area contributed by atoms with Crippen LogP contribution in [0.4, 0.5) is 0 Å². The van der Waals surface area contributed by atoms with Gasteiger partial charge in [-0.15, -0.1) is 0 Å². The molecule has 0 amide bonds. The monoisotopic (exact) mass is 567 g/mol. The van der Waals surface area contributed by atoms with Crippen LogP contribution in [0.15, 0.2) is 91.1 Å². The summed E-state index contributed by atoms with van der Waals surface area (Å²) in [5.41, 5.74) is 10.5. The van der Waals surface area contributed by atoms with Crippen molar-refractivity contribution in [2.24, 2.45) is 5.92 Å². The number of aliphatic hydroxyl groups is 1. The lowest BCUT2D eigenvalue weighted by Crippen LogP contribution is -2.05. The topological polar surface area (TPSA) is 52.2 Å². The maximum absolute atomic E-state index is 9.79. The van der Waals surface area contributed by atoms with Gasteiger partial charge >= 0.3 is 0 Å². The van der Waals surface area contributed by atoms with E-state index in [4.69, 9.17) is 4.74 Å². The van der Waals surface area contributed by atoms with E-state index < -0.39 is 0 Å². The molecule has 1 N–H and O–H groups in total. The molecule has 0 radical (unpaired) electrons. The van der Waals surface area contributed by atoms with Crippen molar-refractivity contribution in [3.8, 4) is 5.75 Å². The Morgan fingerprint density at radius 3 is 2.28 bits per heavy atom. The van der Waals surface area contributed by atoms with Crippen LogP contribution >= 0.6 is 0 Å². The maximum Gasteiger partial charge on any atom is 0.121 e. The summed E-state index contributed by atoms with van der Waals surface area (Å²) in [7, 11) is 0. The molecule has 0 aliphatic carbocycles. The highest BCUT2D eigenvalue weighted by Crippen LogP contribution is 2.36. The molecule has 0 atom stereocenters. The van der Waals surface area contributed by atoms with E-state index in [-0.39, 0.29) is 6.61 Å². The van der Waals surface area contributed by atoms with Gasteiger partial charge in [-0.3, -0.25) is 4.98 Å². The summed E-state index contributed by atoms with van der Waals surface area (Å²) in [6, 6.07) is 29.8. The van der Waals surface area contributed by atoms with Gasteiger partial charge in [-0.05, 0) is 90.6 Å². The van der Waals surface area contributed by atoms with Crippen molar-refractivity contribution >= 4 is 43.6 Å². The average Bonchev–Trinajstić information content (AvgIpc) is 3.50. The molecule has 0 aliphatic heterocycles. The standard InChI is InChI=1S/C38H37N3O2/c1-24(2)20-41-35-15-11-28(18-33(35)37-25(3)8-9-26(4)38(37)41)23-43-30-12-13-31-32-17-27(22-42)10-14-34(32)40(36(31)19-30)21-29-7-5-6-16-39-29/h5-19,24,42H,20-23H2,1-4H3. The van der Waals surface area contributed by atoms with Crippen molar-refractivity contribution in [2.45, 2.75) is 54.0 Å². The Morgan fingerprint density at radius 2 is 1.51 bits per heavy atom. The molecule has 0 spiro atoms. The van der Waals surface area contributed by atoms with Crippen LogP contribution in [0.5, 0.6) is 5.75 Å². The van der Waals surface area contributed by atoms with Crippen molar-refractivity contribution in [1.29, 1.82) is 0 Å². The summed E-state index contributed by atoms with van der Waals surface area (Å²) in [5.74, 6) is 1.38. The minimum absolute atomic E-state index is 0.0175. The fourth-order valence-electron chi connectivity index (χ4n) is 6.57. The van der Waals surface area contributed by atoms with Crippen LogP contribution in [0.1, 0.15) is 41.8 Å². The van der Waals surface area contributed by atoms with Gasteiger partial charge in [0, 0.05) is 51.4 Å². The third-order valence-corrected chi connectivity index (χ3v) is 8.56. The third kappa shape index (κ3) is 4.84. The van der Waals surface area contributed by atoms with Crippen molar-refractivity contribution in [3.05, 3.63) is 119 Å². The number of aryl methyl sites for hydroxylation is 2. The number of ether oxygens (including phenoxy) is 1. The number of pyridine rings is 1. The van der Waals surface area contributed by atoms with Crippen LogP contribution in [-0.4, -0.2) is 19.2 Å². The summed E-state index contributed by atoms with van der Waals surface area (Å²) >= 11 is 0. The summed E-state index contributed by atoms with van der Waals surface area (Å²) < 4.78 is 11.2. The number of benzene rings is 4. The van der Waals surface area contributed by atoms with Crippen LogP contribution in [-0.2, 0) is 26.3 Å². The molecule has 5 nitrogen and oxygen atoms in total. The molecule has 7 rings (SSSR count). The van der Waals surface area contributed by atoms with Gasteiger partial charge in [-0.1, -0.05) is 44.2 Å². The summed E-state index contributed by atoms with van der Waals surface area (Å²) in [6.07, 6.45) is 1.83. The molecule has 0 bridgehead atoms. The van der Waals surface area contributed by atoms with Gasteiger partial charge in [0.15, 0.2) is 0 Å². The second-order valence-corrected chi connectivity index (χ2v) is 12.2. The van der Waals surface area contributed by atoms with Crippen LogP contribution in [0.25, 0.3) is 43.6 Å². The zero-order chi connectivity index (χ0) is 29.7. The molecule has 0 saturated carbocycles. The molecule has 43 heavy (non-hydrogen) atoms. The lowest BCUT2D eigenvalue weighted by atomic mass is 10.0. The van der Waals surface area contributed by atoms with Crippen LogP contribution in [0.2, 0.25) is 0 Å². The molecular weight excluding hydrogens is 530 g/mol. The van der Waals surface area contributed by atoms with E-state index in [1.165, 1.54) is 32.9 Å².